The van der Waals surface area contributed by atoms with Crippen LogP contribution in [-0.4, -0.2) is 47.1 Å². The molecule has 1 aliphatic rings. The lowest BCUT2D eigenvalue weighted by Gasteiger charge is -2.33. The molecule has 8 heteroatoms. The van der Waals surface area contributed by atoms with Gasteiger partial charge in [-0.1, -0.05) is 71.2 Å². The number of carboxylic acid groups (broad SMARTS) is 1. The van der Waals surface area contributed by atoms with Gasteiger partial charge in [0.15, 0.2) is 0 Å². The Morgan fingerprint density at radius 1 is 1.03 bits per heavy atom. The quantitative estimate of drug-likeness (QED) is 0.360. The summed E-state index contributed by atoms with van der Waals surface area (Å²) in [5.41, 5.74) is 3.38. The maximum Gasteiger partial charge on any atom is 0.326 e. The van der Waals surface area contributed by atoms with Gasteiger partial charge in [-0.3, -0.25) is 9.69 Å². The highest BCUT2D eigenvalue weighted by Crippen LogP contribution is 2.25. The van der Waals surface area contributed by atoms with E-state index in [1.165, 1.54) is 23.3 Å². The summed E-state index contributed by atoms with van der Waals surface area (Å²) in [5.74, 6) is -1.03. The van der Waals surface area contributed by atoms with E-state index in [-0.39, 0.29) is 28.1 Å². The summed E-state index contributed by atoms with van der Waals surface area (Å²) in [5, 5.41) is 12.5. The summed E-state index contributed by atoms with van der Waals surface area (Å²) < 4.78 is 6.24. The number of aliphatic carboxylic acids is 1. The van der Waals surface area contributed by atoms with Crippen LogP contribution in [0.1, 0.15) is 39.9 Å². The van der Waals surface area contributed by atoms with E-state index in [4.69, 9.17) is 27.9 Å². The van der Waals surface area contributed by atoms with Crippen molar-refractivity contribution in [2.75, 3.05) is 13.1 Å². The number of ether oxygens (including phenoxy) is 1. The van der Waals surface area contributed by atoms with Crippen LogP contribution in [0.25, 0.3) is 0 Å². The molecular weight excluding hydrogens is 511 g/mol. The molecule has 0 aromatic heterocycles. The molecule has 1 amide bonds. The molecule has 0 bridgehead atoms. The molecule has 3 aromatic rings. The van der Waals surface area contributed by atoms with Gasteiger partial charge in [0.25, 0.3) is 5.91 Å². The number of nitrogens with zero attached hydrogens (tertiary/aromatic N) is 1. The molecule has 1 fully saturated rings. The Hall–Kier alpha value is -3.06. The molecule has 194 valence electrons. The number of carbonyl (C=O) groups is 2. The van der Waals surface area contributed by atoms with Crippen LogP contribution in [-0.2, 0) is 17.8 Å². The van der Waals surface area contributed by atoms with Gasteiger partial charge in [0.05, 0.1) is 15.6 Å². The maximum atomic E-state index is 12.7. The fourth-order valence-electron chi connectivity index (χ4n) is 4.48. The summed E-state index contributed by atoms with van der Waals surface area (Å²) >= 11 is 12.2. The SMILES string of the molecule is Cc1ccc(CN2CCC[C@@H](Oc3ccc(C[C@H](NC(=O)c4c(Cl)cccc4Cl)C(=O)O)cc3)C2)cc1. The fourth-order valence-corrected chi connectivity index (χ4v) is 5.05. The van der Waals surface area contributed by atoms with Gasteiger partial charge in [-0.05, 0) is 61.7 Å². The molecule has 37 heavy (non-hydrogen) atoms. The number of piperidine rings is 1. The highest BCUT2D eigenvalue weighted by atomic mass is 35.5. The van der Waals surface area contributed by atoms with E-state index in [9.17, 15) is 14.7 Å². The van der Waals surface area contributed by atoms with Crippen molar-refractivity contribution in [2.24, 2.45) is 0 Å². The molecule has 1 saturated heterocycles. The minimum Gasteiger partial charge on any atom is -0.489 e. The average Bonchev–Trinajstić information content (AvgIpc) is 2.86. The lowest BCUT2D eigenvalue weighted by atomic mass is 10.0. The molecule has 0 aliphatic carbocycles. The lowest BCUT2D eigenvalue weighted by molar-refractivity contribution is -0.139. The van der Waals surface area contributed by atoms with Gasteiger partial charge >= 0.3 is 5.97 Å². The highest BCUT2D eigenvalue weighted by molar-refractivity contribution is 6.39. The molecular formula is C29H30Cl2N2O4. The second-order valence-electron chi connectivity index (χ2n) is 9.41. The van der Waals surface area contributed by atoms with Crippen LogP contribution in [0, 0.1) is 6.92 Å². The summed E-state index contributed by atoms with van der Waals surface area (Å²) in [6.45, 7) is 4.90. The van der Waals surface area contributed by atoms with Gasteiger partial charge < -0.3 is 15.2 Å². The van der Waals surface area contributed by atoms with Crippen LogP contribution < -0.4 is 10.1 Å². The van der Waals surface area contributed by atoms with Gasteiger partial charge in [0.2, 0.25) is 0 Å². The second-order valence-corrected chi connectivity index (χ2v) is 10.2. The number of halogens is 2. The van der Waals surface area contributed by atoms with Crippen LogP contribution in [0.5, 0.6) is 5.75 Å². The molecule has 1 aliphatic heterocycles. The highest BCUT2D eigenvalue weighted by Gasteiger charge is 2.24. The lowest BCUT2D eigenvalue weighted by Crippen LogP contribution is -2.42. The van der Waals surface area contributed by atoms with E-state index in [1.807, 2.05) is 24.3 Å². The Labute approximate surface area is 227 Å². The van der Waals surface area contributed by atoms with Crippen molar-refractivity contribution < 1.29 is 19.4 Å². The number of rotatable bonds is 9. The Balaban J connectivity index is 1.33. The van der Waals surface area contributed by atoms with Crippen molar-refractivity contribution in [3.63, 3.8) is 0 Å². The predicted octanol–water partition coefficient (Wildman–Crippen LogP) is 5.77. The number of nitrogens with one attached hydrogen (secondary N) is 1. The predicted molar refractivity (Wildman–Crippen MR) is 146 cm³/mol. The summed E-state index contributed by atoms with van der Waals surface area (Å²) in [6.07, 6.45) is 2.27. The Kier molecular flexibility index (Phi) is 9.09. The first kappa shape index (κ1) is 27.0. The van der Waals surface area contributed by atoms with Crippen molar-refractivity contribution in [1.82, 2.24) is 10.2 Å². The monoisotopic (exact) mass is 540 g/mol. The normalized spacial score (nSPS) is 16.7. The van der Waals surface area contributed by atoms with E-state index in [0.717, 1.165) is 43.8 Å². The third-order valence-electron chi connectivity index (χ3n) is 6.45. The zero-order valence-corrected chi connectivity index (χ0v) is 22.1. The molecule has 0 spiro atoms. The smallest absolute Gasteiger partial charge is 0.326 e. The van der Waals surface area contributed by atoms with E-state index in [1.54, 1.807) is 6.07 Å². The van der Waals surface area contributed by atoms with E-state index in [2.05, 4.69) is 41.4 Å². The van der Waals surface area contributed by atoms with Crippen molar-refractivity contribution in [3.05, 3.63) is 99.0 Å². The molecule has 0 unspecified atom stereocenters. The number of hydrogen-bond acceptors (Lipinski definition) is 4. The van der Waals surface area contributed by atoms with Crippen molar-refractivity contribution in [2.45, 2.75) is 44.9 Å². The molecule has 1 heterocycles. The second kappa shape index (κ2) is 12.5. The molecule has 4 rings (SSSR count). The standard InChI is InChI=1S/C29H30Cl2N2O4/c1-19-7-9-21(10-8-19)17-33-15-3-4-23(18-33)37-22-13-11-20(12-14-22)16-26(29(35)36)32-28(34)27-24(30)5-2-6-25(27)31/h2,5-14,23,26H,3-4,15-18H2,1H3,(H,32,34)(H,35,36)/t23-,26+/m1/s1. The summed E-state index contributed by atoms with van der Waals surface area (Å²) in [6, 6.07) is 19.5. The van der Waals surface area contributed by atoms with Gasteiger partial charge in [-0.25, -0.2) is 4.79 Å². The van der Waals surface area contributed by atoms with Gasteiger partial charge in [-0.15, -0.1) is 0 Å². The number of hydrogen-bond donors (Lipinski definition) is 2. The van der Waals surface area contributed by atoms with Gasteiger partial charge in [0.1, 0.15) is 17.9 Å². The molecule has 2 N–H and O–H groups in total. The van der Waals surface area contributed by atoms with E-state index in [0.29, 0.717) is 0 Å². The number of carboxylic acids is 1. The zero-order valence-electron chi connectivity index (χ0n) is 20.6. The first-order valence-corrected chi connectivity index (χ1v) is 13.1. The third-order valence-corrected chi connectivity index (χ3v) is 7.08. The van der Waals surface area contributed by atoms with Crippen LogP contribution in [0.4, 0.5) is 0 Å². The third kappa shape index (κ3) is 7.48. The molecule has 6 nitrogen and oxygen atoms in total. The first-order chi connectivity index (χ1) is 17.8. The van der Waals surface area contributed by atoms with Crippen molar-refractivity contribution in [3.8, 4) is 5.75 Å². The Bertz CT molecular complexity index is 1210. The summed E-state index contributed by atoms with van der Waals surface area (Å²) in [4.78, 5) is 26.9. The number of likely N-dealkylation sites (tertiary alicyclic amines) is 1. The largest absolute Gasteiger partial charge is 0.489 e. The summed E-state index contributed by atoms with van der Waals surface area (Å²) in [7, 11) is 0. The van der Waals surface area contributed by atoms with Gasteiger partial charge in [0, 0.05) is 19.5 Å². The van der Waals surface area contributed by atoms with E-state index < -0.39 is 17.9 Å². The topological polar surface area (TPSA) is 78.9 Å². The minimum absolute atomic E-state index is 0.0599. The number of benzene rings is 3. The van der Waals surface area contributed by atoms with E-state index >= 15 is 0 Å². The van der Waals surface area contributed by atoms with Crippen LogP contribution in [0.2, 0.25) is 10.0 Å². The maximum absolute atomic E-state index is 12.7. The minimum atomic E-state index is -1.15. The fraction of sp³-hybridized carbons (Fsp3) is 0.310. The average molecular weight is 541 g/mol. The molecule has 2 atom stereocenters. The van der Waals surface area contributed by atoms with Crippen molar-refractivity contribution in [1.29, 1.82) is 0 Å². The first-order valence-electron chi connectivity index (χ1n) is 12.3. The number of amides is 1. The molecule has 3 aromatic carbocycles. The van der Waals surface area contributed by atoms with Crippen LogP contribution in [0.15, 0.2) is 66.7 Å². The van der Waals surface area contributed by atoms with Gasteiger partial charge in [-0.2, -0.15) is 0 Å². The molecule has 0 radical (unpaired) electrons. The Morgan fingerprint density at radius 2 is 1.68 bits per heavy atom. The number of carbonyl (C=O) groups excluding carboxylic acids is 1. The van der Waals surface area contributed by atoms with Crippen LogP contribution >= 0.6 is 23.2 Å². The Morgan fingerprint density at radius 3 is 2.32 bits per heavy atom. The zero-order chi connectivity index (χ0) is 26.4. The van der Waals surface area contributed by atoms with Crippen LogP contribution in [0.3, 0.4) is 0 Å². The van der Waals surface area contributed by atoms with Crippen molar-refractivity contribution >= 4 is 35.1 Å². The molecule has 0 saturated carbocycles. The number of aryl methyl sites for hydroxylation is 1.